The summed E-state index contributed by atoms with van der Waals surface area (Å²) in [5.41, 5.74) is 3.76. The molecule has 1 heterocycles. The molecule has 1 aliphatic rings. The van der Waals surface area contributed by atoms with Crippen molar-refractivity contribution < 1.29 is 4.79 Å². The molecule has 0 bridgehead atoms. The monoisotopic (exact) mass is 291 g/mol. The van der Waals surface area contributed by atoms with Crippen LogP contribution in [0.3, 0.4) is 0 Å². The molecule has 0 spiro atoms. The van der Waals surface area contributed by atoms with Crippen LogP contribution in [0.4, 0.5) is 5.69 Å². The van der Waals surface area contributed by atoms with Gasteiger partial charge in [-0.1, -0.05) is 30.3 Å². The lowest BCUT2D eigenvalue weighted by Gasteiger charge is -2.05. The lowest BCUT2D eigenvalue weighted by Crippen LogP contribution is -2.14. The number of benzene rings is 2. The van der Waals surface area contributed by atoms with Crippen LogP contribution in [0.5, 0.6) is 0 Å². The molecule has 1 saturated carbocycles. The van der Waals surface area contributed by atoms with Crippen LogP contribution in [-0.4, -0.2) is 15.9 Å². The number of carbonyl (C=O) groups is 1. The van der Waals surface area contributed by atoms with Crippen LogP contribution in [0, 0.1) is 0 Å². The fraction of sp³-hybridized carbons (Fsp3) is 0.222. The predicted octanol–water partition coefficient (Wildman–Crippen LogP) is 3.62. The van der Waals surface area contributed by atoms with E-state index < -0.39 is 0 Å². The Balaban J connectivity index is 1.50. The van der Waals surface area contributed by atoms with Crippen LogP contribution in [0.2, 0.25) is 0 Å². The van der Waals surface area contributed by atoms with Crippen molar-refractivity contribution in [1.29, 1.82) is 0 Å². The number of aromatic nitrogens is 2. The first-order valence-corrected chi connectivity index (χ1v) is 7.61. The van der Waals surface area contributed by atoms with Gasteiger partial charge in [-0.2, -0.15) is 0 Å². The Labute approximate surface area is 128 Å². The van der Waals surface area contributed by atoms with Crippen LogP contribution in [-0.2, 0) is 11.2 Å². The zero-order chi connectivity index (χ0) is 14.9. The highest BCUT2D eigenvalue weighted by Crippen LogP contribution is 2.39. The summed E-state index contributed by atoms with van der Waals surface area (Å²) in [5, 5.41) is 2.95. The minimum atomic E-state index is -0.00696. The van der Waals surface area contributed by atoms with Crippen molar-refractivity contribution in [2.24, 2.45) is 0 Å². The first kappa shape index (κ1) is 13.1. The van der Waals surface area contributed by atoms with E-state index >= 15 is 0 Å². The van der Waals surface area contributed by atoms with Crippen LogP contribution in [0.1, 0.15) is 30.1 Å². The molecule has 3 aromatic rings. The van der Waals surface area contributed by atoms with Crippen molar-refractivity contribution in [2.75, 3.05) is 5.32 Å². The fourth-order valence-corrected chi connectivity index (χ4v) is 2.64. The third-order valence-corrected chi connectivity index (χ3v) is 3.96. The van der Waals surface area contributed by atoms with E-state index in [0.717, 1.165) is 28.1 Å². The maximum atomic E-state index is 12.1. The Hall–Kier alpha value is -2.62. The number of fused-ring (bicyclic) bond motifs is 1. The molecule has 4 heteroatoms. The van der Waals surface area contributed by atoms with Gasteiger partial charge in [-0.15, -0.1) is 0 Å². The molecule has 4 nitrogen and oxygen atoms in total. The quantitative estimate of drug-likeness (QED) is 0.771. The number of aromatic amines is 1. The molecule has 110 valence electrons. The highest BCUT2D eigenvalue weighted by molar-refractivity contribution is 5.94. The number of amides is 1. The van der Waals surface area contributed by atoms with Crippen LogP contribution < -0.4 is 5.32 Å². The summed E-state index contributed by atoms with van der Waals surface area (Å²) < 4.78 is 0. The number of rotatable bonds is 4. The van der Waals surface area contributed by atoms with Crippen molar-refractivity contribution in [3.8, 4) is 0 Å². The van der Waals surface area contributed by atoms with E-state index in [4.69, 9.17) is 0 Å². The van der Waals surface area contributed by atoms with Gasteiger partial charge in [-0.3, -0.25) is 4.79 Å². The summed E-state index contributed by atoms with van der Waals surface area (Å²) in [4.78, 5) is 20.1. The van der Waals surface area contributed by atoms with Gasteiger partial charge in [0.15, 0.2) is 0 Å². The Morgan fingerprint density at radius 2 is 2.00 bits per heavy atom. The predicted molar refractivity (Wildman–Crippen MR) is 86.8 cm³/mol. The van der Waals surface area contributed by atoms with E-state index in [1.165, 1.54) is 12.8 Å². The number of nitrogens with one attached hydrogen (secondary N) is 2. The molecule has 1 amide bonds. The molecule has 2 aromatic carbocycles. The summed E-state index contributed by atoms with van der Waals surface area (Å²) in [6.45, 7) is 0. The molecule has 4 rings (SSSR count). The van der Waals surface area contributed by atoms with Crippen molar-refractivity contribution >= 4 is 22.6 Å². The van der Waals surface area contributed by atoms with Gasteiger partial charge in [0.05, 0.1) is 17.5 Å². The van der Waals surface area contributed by atoms with E-state index in [0.29, 0.717) is 12.3 Å². The van der Waals surface area contributed by atoms with Gasteiger partial charge in [0.1, 0.15) is 5.82 Å². The summed E-state index contributed by atoms with van der Waals surface area (Å²) in [5.74, 6) is 1.67. The standard InChI is InChI=1S/C18H17N3O/c22-17(10-12-4-2-1-3-5-12)19-14-8-9-15-16(11-14)21-18(20-15)13-6-7-13/h1-5,8-9,11,13H,6-7,10H2,(H,19,22)(H,20,21). The molecule has 0 unspecified atom stereocenters. The van der Waals surface area contributed by atoms with Gasteiger partial charge in [-0.05, 0) is 36.6 Å². The number of hydrogen-bond donors (Lipinski definition) is 2. The summed E-state index contributed by atoms with van der Waals surface area (Å²) in [6.07, 6.45) is 2.83. The molecule has 2 N–H and O–H groups in total. The van der Waals surface area contributed by atoms with Crippen molar-refractivity contribution in [1.82, 2.24) is 9.97 Å². The van der Waals surface area contributed by atoms with Gasteiger partial charge < -0.3 is 10.3 Å². The second-order valence-electron chi connectivity index (χ2n) is 5.84. The Morgan fingerprint density at radius 1 is 1.18 bits per heavy atom. The second kappa shape index (κ2) is 5.30. The van der Waals surface area contributed by atoms with E-state index in [1.54, 1.807) is 0 Å². The molecular weight excluding hydrogens is 274 g/mol. The highest BCUT2D eigenvalue weighted by Gasteiger charge is 2.26. The van der Waals surface area contributed by atoms with Gasteiger partial charge in [0.2, 0.25) is 5.91 Å². The Bertz CT molecular complexity index is 819. The zero-order valence-electron chi connectivity index (χ0n) is 12.2. The smallest absolute Gasteiger partial charge is 0.228 e. The number of H-pyrrole nitrogens is 1. The molecule has 1 fully saturated rings. The third-order valence-electron chi connectivity index (χ3n) is 3.96. The normalized spacial score (nSPS) is 14.2. The maximum Gasteiger partial charge on any atom is 0.228 e. The average molecular weight is 291 g/mol. The fourth-order valence-electron chi connectivity index (χ4n) is 2.64. The van der Waals surface area contributed by atoms with E-state index in [9.17, 15) is 4.79 Å². The molecule has 0 aliphatic heterocycles. The van der Waals surface area contributed by atoms with Gasteiger partial charge in [0, 0.05) is 11.6 Å². The summed E-state index contributed by atoms with van der Waals surface area (Å²) in [7, 11) is 0. The molecule has 22 heavy (non-hydrogen) atoms. The molecule has 1 aromatic heterocycles. The number of carbonyl (C=O) groups excluding carboxylic acids is 1. The molecule has 0 saturated heterocycles. The van der Waals surface area contributed by atoms with E-state index in [1.807, 2.05) is 48.5 Å². The first-order chi connectivity index (χ1) is 10.8. The number of nitrogens with zero attached hydrogens (tertiary/aromatic N) is 1. The Morgan fingerprint density at radius 3 is 2.77 bits per heavy atom. The average Bonchev–Trinajstić information content (AvgIpc) is 3.28. The SMILES string of the molecule is O=C(Cc1ccccc1)Nc1ccc2nc(C3CC3)[nH]c2c1. The van der Waals surface area contributed by atoms with Gasteiger partial charge in [0.25, 0.3) is 0 Å². The highest BCUT2D eigenvalue weighted by atomic mass is 16.1. The molecule has 1 aliphatic carbocycles. The molecule has 0 radical (unpaired) electrons. The van der Waals surface area contributed by atoms with Crippen LogP contribution >= 0.6 is 0 Å². The van der Waals surface area contributed by atoms with Crippen molar-refractivity contribution in [2.45, 2.75) is 25.2 Å². The van der Waals surface area contributed by atoms with Crippen LogP contribution in [0.25, 0.3) is 11.0 Å². The topological polar surface area (TPSA) is 57.8 Å². The van der Waals surface area contributed by atoms with E-state index in [2.05, 4.69) is 15.3 Å². The Kier molecular flexibility index (Phi) is 3.15. The largest absolute Gasteiger partial charge is 0.342 e. The maximum absolute atomic E-state index is 12.1. The van der Waals surface area contributed by atoms with Gasteiger partial charge in [-0.25, -0.2) is 4.98 Å². The van der Waals surface area contributed by atoms with Crippen LogP contribution in [0.15, 0.2) is 48.5 Å². The van der Waals surface area contributed by atoms with Crippen molar-refractivity contribution in [3.05, 3.63) is 59.9 Å². The first-order valence-electron chi connectivity index (χ1n) is 7.61. The second-order valence-corrected chi connectivity index (χ2v) is 5.84. The molecular formula is C18H17N3O. The number of anilines is 1. The van der Waals surface area contributed by atoms with Gasteiger partial charge >= 0.3 is 0 Å². The summed E-state index contributed by atoms with van der Waals surface area (Å²) >= 11 is 0. The lowest BCUT2D eigenvalue weighted by atomic mass is 10.1. The number of hydrogen-bond acceptors (Lipinski definition) is 2. The lowest BCUT2D eigenvalue weighted by molar-refractivity contribution is -0.115. The number of imidazole rings is 1. The minimum absolute atomic E-state index is 0.00696. The van der Waals surface area contributed by atoms with E-state index in [-0.39, 0.29) is 5.91 Å². The third kappa shape index (κ3) is 2.72. The molecule has 0 atom stereocenters. The summed E-state index contributed by atoms with van der Waals surface area (Å²) in [6, 6.07) is 15.6. The zero-order valence-corrected chi connectivity index (χ0v) is 12.2. The minimum Gasteiger partial charge on any atom is -0.342 e. The van der Waals surface area contributed by atoms with Crippen molar-refractivity contribution in [3.63, 3.8) is 0 Å².